The lowest BCUT2D eigenvalue weighted by atomic mass is 9.83. The third-order valence-corrected chi connectivity index (χ3v) is 4.01. The van der Waals surface area contributed by atoms with Crippen LogP contribution in [0.15, 0.2) is 48.5 Å². The lowest BCUT2D eigenvalue weighted by Crippen LogP contribution is -2.15. The number of Topliss-reactive ketones (excluding diaryl/α,β-unsaturated/α-hetero) is 1. The van der Waals surface area contributed by atoms with Crippen molar-refractivity contribution in [2.75, 3.05) is 0 Å². The summed E-state index contributed by atoms with van der Waals surface area (Å²) in [7, 11) is 0. The first-order chi connectivity index (χ1) is 11.0. The van der Waals surface area contributed by atoms with Crippen molar-refractivity contribution >= 4 is 17.4 Å². The lowest BCUT2D eigenvalue weighted by Gasteiger charge is -2.17. The second-order valence-electron chi connectivity index (χ2n) is 5.39. The number of nitrogens with zero attached hydrogens (tertiary/aromatic N) is 2. The number of carbonyl (C=O) groups is 1. The van der Waals surface area contributed by atoms with Crippen molar-refractivity contribution in [3.05, 3.63) is 70.2 Å². The van der Waals surface area contributed by atoms with Gasteiger partial charge in [0.2, 0.25) is 0 Å². The molecule has 2 aromatic rings. The van der Waals surface area contributed by atoms with Gasteiger partial charge in [0.05, 0.1) is 12.1 Å². The van der Waals surface area contributed by atoms with E-state index in [9.17, 15) is 15.3 Å². The molecule has 0 saturated heterocycles. The molecule has 1 atom stereocenters. The average Bonchev–Trinajstić information content (AvgIpc) is 2.56. The maximum atomic E-state index is 12.5. The van der Waals surface area contributed by atoms with Crippen LogP contribution in [0.2, 0.25) is 5.02 Å². The van der Waals surface area contributed by atoms with E-state index in [0.29, 0.717) is 10.6 Å². The fraction of sp³-hybridized carbons (Fsp3) is 0.211. The van der Waals surface area contributed by atoms with Crippen LogP contribution in [0.1, 0.15) is 33.8 Å². The molecule has 0 aliphatic carbocycles. The van der Waals surface area contributed by atoms with Crippen LogP contribution in [0.3, 0.4) is 0 Å². The van der Waals surface area contributed by atoms with Crippen molar-refractivity contribution in [3.63, 3.8) is 0 Å². The Bertz CT molecular complexity index is 753. The molecule has 0 aromatic heterocycles. The number of carbonyl (C=O) groups excluding carboxylic acids is 1. The molecule has 0 saturated carbocycles. The van der Waals surface area contributed by atoms with Crippen LogP contribution in [0.25, 0.3) is 0 Å². The summed E-state index contributed by atoms with van der Waals surface area (Å²) < 4.78 is 0. The topological polar surface area (TPSA) is 64.7 Å². The summed E-state index contributed by atoms with van der Waals surface area (Å²) in [6, 6.07) is 18.2. The minimum Gasteiger partial charge on any atom is -0.294 e. The van der Waals surface area contributed by atoms with Gasteiger partial charge in [0, 0.05) is 22.9 Å². The predicted octanol–water partition coefficient (Wildman–Crippen LogP) is 4.67. The van der Waals surface area contributed by atoms with E-state index in [1.807, 2.05) is 31.2 Å². The zero-order valence-corrected chi connectivity index (χ0v) is 13.4. The second kappa shape index (κ2) is 7.58. The molecule has 1 unspecified atom stereocenters. The molecule has 0 aliphatic rings. The van der Waals surface area contributed by atoms with E-state index in [4.69, 9.17) is 11.6 Å². The number of benzene rings is 2. The number of aryl methyl sites for hydroxylation is 1. The van der Waals surface area contributed by atoms with E-state index < -0.39 is 11.8 Å². The van der Waals surface area contributed by atoms with E-state index in [1.54, 1.807) is 36.4 Å². The van der Waals surface area contributed by atoms with Gasteiger partial charge in [-0.2, -0.15) is 10.5 Å². The predicted molar refractivity (Wildman–Crippen MR) is 89.0 cm³/mol. The van der Waals surface area contributed by atoms with Gasteiger partial charge in [-0.25, -0.2) is 0 Å². The number of nitriles is 2. The zero-order valence-electron chi connectivity index (χ0n) is 12.7. The molecule has 0 bridgehead atoms. The normalized spacial score (nSPS) is 11.5. The summed E-state index contributed by atoms with van der Waals surface area (Å²) in [5.74, 6) is -1.44. The zero-order chi connectivity index (χ0) is 16.8. The van der Waals surface area contributed by atoms with Crippen molar-refractivity contribution in [1.82, 2.24) is 0 Å². The second-order valence-corrected chi connectivity index (χ2v) is 5.82. The number of halogens is 1. The molecule has 0 heterocycles. The van der Waals surface area contributed by atoms with Crippen molar-refractivity contribution in [1.29, 1.82) is 10.5 Å². The highest BCUT2D eigenvalue weighted by atomic mass is 35.5. The van der Waals surface area contributed by atoms with Crippen LogP contribution in [0.5, 0.6) is 0 Å². The SMILES string of the molecule is Cc1ccc(C(=O)CC(c2ccc(Cl)cc2)C(C#N)C#N)cc1. The molecule has 0 N–H and O–H groups in total. The van der Waals surface area contributed by atoms with Gasteiger partial charge in [-0.05, 0) is 24.6 Å². The maximum Gasteiger partial charge on any atom is 0.163 e. The van der Waals surface area contributed by atoms with Crippen LogP contribution < -0.4 is 0 Å². The Morgan fingerprint density at radius 1 is 1.04 bits per heavy atom. The van der Waals surface area contributed by atoms with Gasteiger partial charge >= 0.3 is 0 Å². The van der Waals surface area contributed by atoms with Crippen LogP contribution in [-0.4, -0.2) is 5.78 Å². The number of rotatable bonds is 5. The summed E-state index contributed by atoms with van der Waals surface area (Å²) in [5.41, 5.74) is 2.43. The Hall–Kier alpha value is -2.62. The van der Waals surface area contributed by atoms with Crippen LogP contribution in [-0.2, 0) is 0 Å². The Kier molecular flexibility index (Phi) is 5.52. The number of hydrogen-bond acceptors (Lipinski definition) is 3. The van der Waals surface area contributed by atoms with Crippen molar-refractivity contribution in [2.45, 2.75) is 19.3 Å². The van der Waals surface area contributed by atoms with Gasteiger partial charge in [0.25, 0.3) is 0 Å². The molecule has 114 valence electrons. The molecule has 23 heavy (non-hydrogen) atoms. The summed E-state index contributed by atoms with van der Waals surface area (Å²) in [4.78, 5) is 12.5. The van der Waals surface area contributed by atoms with Crippen molar-refractivity contribution < 1.29 is 4.79 Å². The maximum absolute atomic E-state index is 12.5. The first kappa shape index (κ1) is 16.7. The van der Waals surface area contributed by atoms with Crippen LogP contribution >= 0.6 is 11.6 Å². The van der Waals surface area contributed by atoms with E-state index in [1.165, 1.54) is 0 Å². The molecule has 2 rings (SSSR count). The van der Waals surface area contributed by atoms with Crippen LogP contribution in [0, 0.1) is 35.5 Å². The highest BCUT2D eigenvalue weighted by Gasteiger charge is 2.26. The molecule has 0 aliphatic heterocycles. The fourth-order valence-corrected chi connectivity index (χ4v) is 2.53. The van der Waals surface area contributed by atoms with Gasteiger partial charge in [0.15, 0.2) is 5.78 Å². The third kappa shape index (κ3) is 4.19. The van der Waals surface area contributed by atoms with Crippen molar-refractivity contribution in [3.8, 4) is 12.1 Å². The Morgan fingerprint density at radius 2 is 1.61 bits per heavy atom. The molecule has 0 amide bonds. The molecule has 0 spiro atoms. The quantitative estimate of drug-likeness (QED) is 0.751. The largest absolute Gasteiger partial charge is 0.294 e. The summed E-state index contributed by atoms with van der Waals surface area (Å²) in [5, 5.41) is 19.0. The van der Waals surface area contributed by atoms with Gasteiger partial charge < -0.3 is 0 Å². The Balaban J connectivity index is 2.29. The van der Waals surface area contributed by atoms with Crippen molar-refractivity contribution in [2.24, 2.45) is 5.92 Å². The van der Waals surface area contributed by atoms with Gasteiger partial charge in [-0.1, -0.05) is 53.6 Å². The van der Waals surface area contributed by atoms with E-state index in [2.05, 4.69) is 0 Å². The first-order valence-electron chi connectivity index (χ1n) is 7.19. The summed E-state index contributed by atoms with van der Waals surface area (Å²) in [6.45, 7) is 1.95. The molecular formula is C19H15ClN2O. The Morgan fingerprint density at radius 3 is 2.13 bits per heavy atom. The molecule has 4 heteroatoms. The average molecular weight is 323 g/mol. The van der Waals surface area contributed by atoms with Gasteiger partial charge in [0.1, 0.15) is 5.92 Å². The number of hydrogen-bond donors (Lipinski definition) is 0. The monoisotopic (exact) mass is 322 g/mol. The van der Waals surface area contributed by atoms with Crippen LogP contribution in [0.4, 0.5) is 0 Å². The molecule has 0 radical (unpaired) electrons. The van der Waals surface area contributed by atoms with E-state index in [-0.39, 0.29) is 12.2 Å². The summed E-state index contributed by atoms with van der Waals surface area (Å²) in [6.07, 6.45) is 0.108. The van der Waals surface area contributed by atoms with Gasteiger partial charge in [-0.15, -0.1) is 0 Å². The van der Waals surface area contributed by atoms with Gasteiger partial charge in [-0.3, -0.25) is 4.79 Å². The van der Waals surface area contributed by atoms with E-state index >= 15 is 0 Å². The summed E-state index contributed by atoms with van der Waals surface area (Å²) >= 11 is 5.88. The lowest BCUT2D eigenvalue weighted by molar-refractivity contribution is 0.0971. The molecule has 0 fully saturated rings. The smallest absolute Gasteiger partial charge is 0.163 e. The molecule has 3 nitrogen and oxygen atoms in total. The number of ketones is 1. The first-order valence-corrected chi connectivity index (χ1v) is 7.57. The fourth-order valence-electron chi connectivity index (χ4n) is 2.40. The third-order valence-electron chi connectivity index (χ3n) is 3.76. The molecular weight excluding hydrogens is 308 g/mol. The highest BCUT2D eigenvalue weighted by Crippen LogP contribution is 2.30. The minimum absolute atomic E-state index is 0.0829. The minimum atomic E-state index is -0.884. The highest BCUT2D eigenvalue weighted by molar-refractivity contribution is 6.30. The standard InChI is InChI=1S/C19H15ClN2O/c1-13-2-4-15(5-3-13)19(23)10-18(16(11-21)12-22)14-6-8-17(20)9-7-14/h2-9,16,18H,10H2,1H3. The Labute approximate surface area is 140 Å². The molecule has 2 aromatic carbocycles. The van der Waals surface area contributed by atoms with E-state index in [0.717, 1.165) is 11.1 Å².